The van der Waals surface area contributed by atoms with E-state index < -0.39 is 0 Å². The van der Waals surface area contributed by atoms with Gasteiger partial charge in [-0.15, -0.1) is 0 Å². The van der Waals surface area contributed by atoms with Crippen molar-refractivity contribution >= 4 is 11.6 Å². The summed E-state index contributed by atoms with van der Waals surface area (Å²) in [5, 5.41) is 16.7. The minimum absolute atomic E-state index is 0.0523. The van der Waals surface area contributed by atoms with Gasteiger partial charge in [-0.05, 0) is 51.2 Å². The Hall–Kier alpha value is -3.20. The van der Waals surface area contributed by atoms with Gasteiger partial charge in [0, 0.05) is 29.8 Å². The molecule has 0 aliphatic heterocycles. The molecule has 31 heavy (non-hydrogen) atoms. The number of aryl methyl sites for hydroxylation is 3. The van der Waals surface area contributed by atoms with Gasteiger partial charge in [0.15, 0.2) is 5.65 Å². The highest BCUT2D eigenvalue weighted by Gasteiger charge is 2.35. The molecule has 0 spiro atoms. The number of hydrogen-bond acceptors (Lipinski definition) is 4. The lowest BCUT2D eigenvalue weighted by molar-refractivity contribution is -0.121. The lowest BCUT2D eigenvalue weighted by Crippen LogP contribution is -2.39. The van der Waals surface area contributed by atoms with Crippen molar-refractivity contribution in [2.24, 2.45) is 0 Å². The molecule has 1 fully saturated rings. The van der Waals surface area contributed by atoms with Crippen molar-refractivity contribution < 1.29 is 4.79 Å². The van der Waals surface area contributed by atoms with Crippen molar-refractivity contribution in [2.75, 3.05) is 6.54 Å². The van der Waals surface area contributed by atoms with Gasteiger partial charge in [0.05, 0.1) is 6.20 Å². The molecule has 0 unspecified atom stereocenters. The van der Waals surface area contributed by atoms with Gasteiger partial charge in [0.1, 0.15) is 11.6 Å². The van der Waals surface area contributed by atoms with E-state index in [1.54, 1.807) is 4.52 Å². The first-order chi connectivity index (χ1) is 14.9. The predicted octanol–water partition coefficient (Wildman–Crippen LogP) is 4.09. The van der Waals surface area contributed by atoms with Gasteiger partial charge in [0.2, 0.25) is 5.91 Å². The van der Waals surface area contributed by atoms with E-state index in [0.717, 1.165) is 29.8 Å². The van der Waals surface area contributed by atoms with E-state index in [2.05, 4.69) is 52.7 Å². The minimum Gasteiger partial charge on any atom is -0.355 e. The zero-order chi connectivity index (χ0) is 22.0. The minimum atomic E-state index is 0.0523. The Balaban J connectivity index is 1.44. The smallest absolute Gasteiger partial charge is 0.220 e. The van der Waals surface area contributed by atoms with Crippen LogP contribution in [0.3, 0.4) is 0 Å². The quantitative estimate of drug-likeness (QED) is 0.657. The summed E-state index contributed by atoms with van der Waals surface area (Å²) in [5.74, 6) is 0.0657. The van der Waals surface area contributed by atoms with Gasteiger partial charge in [-0.1, -0.05) is 42.7 Å². The summed E-state index contributed by atoms with van der Waals surface area (Å²) < 4.78 is 1.70. The maximum Gasteiger partial charge on any atom is 0.220 e. The molecule has 2 heterocycles. The lowest BCUT2D eigenvalue weighted by Gasteiger charge is -2.30. The van der Waals surface area contributed by atoms with Crippen LogP contribution in [0.5, 0.6) is 0 Å². The molecule has 3 aromatic rings. The lowest BCUT2D eigenvalue weighted by atomic mass is 9.78. The molecule has 4 rings (SSSR count). The molecule has 0 saturated heterocycles. The second kappa shape index (κ2) is 8.50. The highest BCUT2D eigenvalue weighted by Crippen LogP contribution is 2.40. The molecule has 0 radical (unpaired) electrons. The second-order valence-electron chi connectivity index (χ2n) is 8.80. The first kappa shape index (κ1) is 21.0. The molecule has 0 atom stereocenters. The van der Waals surface area contributed by atoms with Crippen LogP contribution in [0.2, 0.25) is 0 Å². The molecule has 1 N–H and O–H groups in total. The standard InChI is InChI=1S/C25H29N5O/c1-17-7-6-8-21(13-17)25(11-4-5-12-25)16-27-23(31)10-9-22-18(2)29-24-20(14-26)15-28-30(24)19(22)3/h6-8,13,15H,4-5,9-12,16H2,1-3H3,(H,27,31). The number of benzene rings is 1. The molecule has 1 amide bonds. The third-order valence-corrected chi connectivity index (χ3v) is 6.75. The van der Waals surface area contributed by atoms with Gasteiger partial charge in [-0.25, -0.2) is 9.50 Å². The van der Waals surface area contributed by atoms with Crippen LogP contribution in [0, 0.1) is 32.1 Å². The Labute approximate surface area is 183 Å². The third-order valence-electron chi connectivity index (χ3n) is 6.75. The van der Waals surface area contributed by atoms with Crippen LogP contribution in [-0.2, 0) is 16.6 Å². The van der Waals surface area contributed by atoms with E-state index >= 15 is 0 Å². The van der Waals surface area contributed by atoms with Crippen molar-refractivity contribution in [1.82, 2.24) is 19.9 Å². The van der Waals surface area contributed by atoms with Gasteiger partial charge < -0.3 is 5.32 Å². The summed E-state index contributed by atoms with van der Waals surface area (Å²) in [6, 6.07) is 10.8. The maximum absolute atomic E-state index is 12.8. The zero-order valence-electron chi connectivity index (χ0n) is 18.5. The Morgan fingerprint density at radius 3 is 2.74 bits per heavy atom. The van der Waals surface area contributed by atoms with Gasteiger partial charge in [-0.3, -0.25) is 4.79 Å². The summed E-state index contributed by atoms with van der Waals surface area (Å²) in [5.41, 5.74) is 6.51. The largest absolute Gasteiger partial charge is 0.355 e. The monoisotopic (exact) mass is 415 g/mol. The van der Waals surface area contributed by atoms with Crippen molar-refractivity contribution in [2.45, 2.75) is 64.7 Å². The molecule has 6 nitrogen and oxygen atoms in total. The number of nitriles is 1. The van der Waals surface area contributed by atoms with E-state index in [1.165, 1.54) is 30.2 Å². The number of amides is 1. The number of rotatable bonds is 6. The van der Waals surface area contributed by atoms with Crippen LogP contribution in [-0.4, -0.2) is 27.0 Å². The number of fused-ring (bicyclic) bond motifs is 1. The van der Waals surface area contributed by atoms with E-state index in [1.807, 2.05) is 13.8 Å². The van der Waals surface area contributed by atoms with E-state index in [4.69, 9.17) is 0 Å². The number of nitrogens with zero attached hydrogens (tertiary/aromatic N) is 4. The number of aromatic nitrogens is 3. The average Bonchev–Trinajstić information content (AvgIpc) is 3.40. The number of nitrogens with one attached hydrogen (secondary N) is 1. The first-order valence-corrected chi connectivity index (χ1v) is 11.0. The molecular weight excluding hydrogens is 386 g/mol. The summed E-state index contributed by atoms with van der Waals surface area (Å²) >= 11 is 0. The molecule has 6 heteroatoms. The van der Waals surface area contributed by atoms with Gasteiger partial charge >= 0.3 is 0 Å². The van der Waals surface area contributed by atoms with E-state index in [0.29, 0.717) is 30.6 Å². The normalized spacial score (nSPS) is 15.2. The second-order valence-corrected chi connectivity index (χ2v) is 8.80. The Morgan fingerprint density at radius 1 is 1.26 bits per heavy atom. The summed E-state index contributed by atoms with van der Waals surface area (Å²) in [6.07, 6.45) is 7.21. The molecule has 160 valence electrons. The van der Waals surface area contributed by atoms with Crippen LogP contribution in [0.1, 0.15) is 65.7 Å². The van der Waals surface area contributed by atoms with Crippen LogP contribution >= 0.6 is 0 Å². The number of carbonyl (C=O) groups is 1. The van der Waals surface area contributed by atoms with Crippen molar-refractivity contribution in [1.29, 1.82) is 5.26 Å². The highest BCUT2D eigenvalue weighted by atomic mass is 16.1. The summed E-state index contributed by atoms with van der Waals surface area (Å²) in [6.45, 7) is 6.71. The topological polar surface area (TPSA) is 83.1 Å². The molecule has 1 aliphatic carbocycles. The first-order valence-electron chi connectivity index (χ1n) is 11.0. The Kier molecular flexibility index (Phi) is 5.77. The van der Waals surface area contributed by atoms with Gasteiger partial charge in [0.25, 0.3) is 0 Å². The molecule has 2 aromatic heterocycles. The van der Waals surface area contributed by atoms with Crippen molar-refractivity contribution in [3.8, 4) is 6.07 Å². The van der Waals surface area contributed by atoms with E-state index in [9.17, 15) is 10.1 Å². The van der Waals surface area contributed by atoms with E-state index in [-0.39, 0.29) is 11.3 Å². The molecular formula is C25H29N5O. The Bertz CT molecular complexity index is 1160. The molecule has 1 aromatic carbocycles. The Morgan fingerprint density at radius 2 is 2.03 bits per heavy atom. The average molecular weight is 416 g/mol. The van der Waals surface area contributed by atoms with Crippen LogP contribution in [0.25, 0.3) is 5.65 Å². The number of hydrogen-bond donors (Lipinski definition) is 1. The summed E-state index contributed by atoms with van der Waals surface area (Å²) in [7, 11) is 0. The molecule has 1 aliphatic rings. The number of carbonyl (C=O) groups excluding carboxylic acids is 1. The van der Waals surface area contributed by atoms with Gasteiger partial charge in [-0.2, -0.15) is 10.4 Å². The summed E-state index contributed by atoms with van der Waals surface area (Å²) in [4.78, 5) is 17.3. The molecule has 1 saturated carbocycles. The zero-order valence-corrected chi connectivity index (χ0v) is 18.5. The van der Waals surface area contributed by atoms with Crippen LogP contribution < -0.4 is 5.32 Å². The fourth-order valence-electron chi connectivity index (χ4n) is 4.94. The van der Waals surface area contributed by atoms with Crippen LogP contribution in [0.4, 0.5) is 0 Å². The SMILES string of the molecule is Cc1cccc(C2(CNC(=O)CCc3c(C)nc4c(C#N)cnn4c3C)CCCC2)c1. The van der Waals surface area contributed by atoms with Crippen molar-refractivity contribution in [3.05, 3.63) is 64.1 Å². The fourth-order valence-corrected chi connectivity index (χ4v) is 4.94. The fraction of sp³-hybridized carbons (Fsp3) is 0.440. The maximum atomic E-state index is 12.8. The highest BCUT2D eigenvalue weighted by molar-refractivity contribution is 5.76. The van der Waals surface area contributed by atoms with Crippen LogP contribution in [0.15, 0.2) is 30.5 Å². The van der Waals surface area contributed by atoms with Crippen molar-refractivity contribution in [3.63, 3.8) is 0 Å². The third kappa shape index (κ3) is 4.05. The predicted molar refractivity (Wildman–Crippen MR) is 120 cm³/mol. The molecule has 0 bridgehead atoms.